The molecule has 112 valence electrons. The van der Waals surface area contributed by atoms with Crippen LogP contribution in [0.2, 0.25) is 0 Å². The Labute approximate surface area is 125 Å². The minimum absolute atomic E-state index is 0.160. The molecular weight excluding hydrogens is 262 g/mol. The van der Waals surface area contributed by atoms with Gasteiger partial charge in [-0.3, -0.25) is 0 Å². The zero-order chi connectivity index (χ0) is 14.8. The highest BCUT2D eigenvalue weighted by Gasteiger charge is 2.26. The number of aromatic nitrogens is 2. The first-order chi connectivity index (χ1) is 10.2. The third-order valence-electron chi connectivity index (χ3n) is 4.71. The monoisotopic (exact) mass is 285 g/mol. The topological polar surface area (TPSA) is 64.9 Å². The van der Waals surface area contributed by atoms with Crippen LogP contribution >= 0.6 is 0 Å². The van der Waals surface area contributed by atoms with Crippen LogP contribution < -0.4 is 5.73 Å². The molecule has 3 atom stereocenters. The second kappa shape index (κ2) is 5.98. The molecule has 0 amide bonds. The smallest absolute Gasteiger partial charge is 0.243 e. The molecule has 0 fully saturated rings. The van der Waals surface area contributed by atoms with Crippen molar-refractivity contribution in [1.29, 1.82) is 0 Å². The third kappa shape index (κ3) is 2.86. The van der Waals surface area contributed by atoms with Crippen molar-refractivity contribution in [2.75, 3.05) is 0 Å². The summed E-state index contributed by atoms with van der Waals surface area (Å²) in [6.07, 6.45) is 4.17. The van der Waals surface area contributed by atoms with Crippen LogP contribution in [0.25, 0.3) is 0 Å². The van der Waals surface area contributed by atoms with Gasteiger partial charge in [0.15, 0.2) is 5.82 Å². The molecule has 0 saturated heterocycles. The van der Waals surface area contributed by atoms with Crippen LogP contribution in [0.1, 0.15) is 61.5 Å². The number of aryl methyl sites for hydroxylation is 1. The maximum atomic E-state index is 6.17. The SMILES string of the molecule is CC[C@H](C)[C@H](N)c1nc(C2CCc3ccccc3C2)no1. The number of benzene rings is 1. The van der Waals surface area contributed by atoms with Crippen molar-refractivity contribution in [2.45, 2.75) is 51.5 Å². The second-order valence-corrected chi connectivity index (χ2v) is 6.11. The van der Waals surface area contributed by atoms with E-state index in [0.29, 0.717) is 17.7 Å². The minimum Gasteiger partial charge on any atom is -0.338 e. The molecule has 4 nitrogen and oxygen atoms in total. The van der Waals surface area contributed by atoms with Gasteiger partial charge in [-0.05, 0) is 36.3 Å². The number of nitrogens with zero attached hydrogens (tertiary/aromatic N) is 2. The number of hydrogen-bond donors (Lipinski definition) is 1. The van der Waals surface area contributed by atoms with E-state index in [4.69, 9.17) is 10.3 Å². The highest BCUT2D eigenvalue weighted by molar-refractivity contribution is 5.31. The number of rotatable bonds is 4. The van der Waals surface area contributed by atoms with Crippen molar-refractivity contribution in [3.8, 4) is 0 Å². The van der Waals surface area contributed by atoms with Gasteiger partial charge in [0.2, 0.25) is 5.89 Å². The molecule has 1 heterocycles. The van der Waals surface area contributed by atoms with E-state index in [1.807, 2.05) is 0 Å². The Morgan fingerprint density at radius 3 is 2.86 bits per heavy atom. The number of nitrogens with two attached hydrogens (primary N) is 1. The van der Waals surface area contributed by atoms with E-state index in [2.05, 4.69) is 48.3 Å². The molecule has 3 rings (SSSR count). The highest BCUT2D eigenvalue weighted by atomic mass is 16.5. The van der Waals surface area contributed by atoms with Gasteiger partial charge in [-0.2, -0.15) is 4.98 Å². The molecule has 1 aromatic carbocycles. The van der Waals surface area contributed by atoms with E-state index < -0.39 is 0 Å². The molecule has 1 aliphatic carbocycles. The summed E-state index contributed by atoms with van der Waals surface area (Å²) < 4.78 is 5.40. The summed E-state index contributed by atoms with van der Waals surface area (Å²) in [6.45, 7) is 4.24. The molecule has 0 radical (unpaired) electrons. The Bertz CT molecular complexity index is 608. The lowest BCUT2D eigenvalue weighted by Gasteiger charge is -2.21. The summed E-state index contributed by atoms with van der Waals surface area (Å²) in [5, 5.41) is 4.18. The molecule has 1 aromatic heterocycles. The van der Waals surface area contributed by atoms with Crippen LogP contribution in [-0.4, -0.2) is 10.1 Å². The first kappa shape index (κ1) is 14.3. The first-order valence-electron chi connectivity index (χ1n) is 7.85. The fourth-order valence-electron chi connectivity index (χ4n) is 2.96. The maximum absolute atomic E-state index is 6.17. The summed E-state index contributed by atoms with van der Waals surface area (Å²) in [6, 6.07) is 8.46. The van der Waals surface area contributed by atoms with Gasteiger partial charge >= 0.3 is 0 Å². The Hall–Kier alpha value is -1.68. The zero-order valence-electron chi connectivity index (χ0n) is 12.7. The maximum Gasteiger partial charge on any atom is 0.243 e. The predicted molar refractivity (Wildman–Crippen MR) is 81.9 cm³/mol. The van der Waals surface area contributed by atoms with Crippen LogP contribution in [0.15, 0.2) is 28.8 Å². The minimum atomic E-state index is -0.160. The lowest BCUT2D eigenvalue weighted by atomic mass is 9.83. The molecule has 1 unspecified atom stereocenters. The fraction of sp³-hybridized carbons (Fsp3) is 0.529. The summed E-state index contributed by atoms with van der Waals surface area (Å²) in [4.78, 5) is 4.57. The normalized spacial score (nSPS) is 20.8. The van der Waals surface area contributed by atoms with Gasteiger partial charge in [0.05, 0.1) is 6.04 Å². The number of fused-ring (bicyclic) bond motifs is 1. The van der Waals surface area contributed by atoms with E-state index in [0.717, 1.165) is 31.5 Å². The molecule has 21 heavy (non-hydrogen) atoms. The van der Waals surface area contributed by atoms with Gasteiger partial charge in [-0.25, -0.2) is 0 Å². The van der Waals surface area contributed by atoms with Crippen LogP contribution in [0.5, 0.6) is 0 Å². The van der Waals surface area contributed by atoms with Crippen LogP contribution in [0.3, 0.4) is 0 Å². The number of hydrogen-bond acceptors (Lipinski definition) is 4. The largest absolute Gasteiger partial charge is 0.338 e. The van der Waals surface area contributed by atoms with Crippen LogP contribution in [0.4, 0.5) is 0 Å². The standard InChI is InChI=1S/C17H23N3O/c1-3-11(2)15(18)17-19-16(20-21-17)14-9-8-12-6-4-5-7-13(12)10-14/h4-7,11,14-15H,3,8-10,18H2,1-2H3/t11-,14?,15-/m0/s1. The Balaban J connectivity index is 1.76. The van der Waals surface area contributed by atoms with Crippen molar-refractivity contribution in [3.05, 3.63) is 47.1 Å². The Morgan fingerprint density at radius 2 is 2.10 bits per heavy atom. The average molecular weight is 285 g/mol. The summed E-state index contributed by atoms with van der Waals surface area (Å²) in [5.41, 5.74) is 9.03. The molecular formula is C17H23N3O. The van der Waals surface area contributed by atoms with Crippen molar-refractivity contribution in [2.24, 2.45) is 11.7 Å². The first-order valence-corrected chi connectivity index (χ1v) is 7.85. The fourth-order valence-corrected chi connectivity index (χ4v) is 2.96. The predicted octanol–water partition coefficient (Wildman–Crippen LogP) is 3.39. The highest BCUT2D eigenvalue weighted by Crippen LogP contribution is 2.32. The van der Waals surface area contributed by atoms with Gasteiger partial charge in [0.25, 0.3) is 0 Å². The molecule has 0 bridgehead atoms. The van der Waals surface area contributed by atoms with E-state index in [1.54, 1.807) is 0 Å². The summed E-state index contributed by atoms with van der Waals surface area (Å²) in [7, 11) is 0. The summed E-state index contributed by atoms with van der Waals surface area (Å²) in [5.74, 6) is 2.10. The Morgan fingerprint density at radius 1 is 1.33 bits per heavy atom. The van der Waals surface area contributed by atoms with Gasteiger partial charge in [0, 0.05) is 5.92 Å². The molecule has 1 aliphatic rings. The second-order valence-electron chi connectivity index (χ2n) is 6.11. The lowest BCUT2D eigenvalue weighted by molar-refractivity contribution is 0.309. The van der Waals surface area contributed by atoms with Gasteiger partial charge in [-0.1, -0.05) is 49.7 Å². The third-order valence-corrected chi connectivity index (χ3v) is 4.71. The van der Waals surface area contributed by atoms with E-state index in [9.17, 15) is 0 Å². The molecule has 0 aliphatic heterocycles. The Kier molecular flexibility index (Phi) is 4.06. The van der Waals surface area contributed by atoms with E-state index >= 15 is 0 Å². The van der Waals surface area contributed by atoms with Crippen molar-refractivity contribution in [3.63, 3.8) is 0 Å². The molecule has 2 aromatic rings. The van der Waals surface area contributed by atoms with Crippen molar-refractivity contribution < 1.29 is 4.52 Å². The summed E-state index contributed by atoms with van der Waals surface area (Å²) >= 11 is 0. The van der Waals surface area contributed by atoms with Gasteiger partial charge in [0.1, 0.15) is 0 Å². The zero-order valence-corrected chi connectivity index (χ0v) is 12.7. The van der Waals surface area contributed by atoms with Gasteiger partial charge < -0.3 is 10.3 Å². The molecule has 0 saturated carbocycles. The molecule has 4 heteroatoms. The average Bonchev–Trinajstić information content (AvgIpc) is 3.02. The van der Waals surface area contributed by atoms with Crippen molar-refractivity contribution in [1.82, 2.24) is 10.1 Å². The van der Waals surface area contributed by atoms with E-state index in [-0.39, 0.29) is 6.04 Å². The van der Waals surface area contributed by atoms with E-state index in [1.165, 1.54) is 11.1 Å². The van der Waals surface area contributed by atoms with Crippen LogP contribution in [0, 0.1) is 5.92 Å². The van der Waals surface area contributed by atoms with Crippen molar-refractivity contribution >= 4 is 0 Å². The quantitative estimate of drug-likeness (QED) is 0.935. The lowest BCUT2D eigenvalue weighted by Crippen LogP contribution is -2.19. The van der Waals surface area contributed by atoms with Crippen LogP contribution in [-0.2, 0) is 12.8 Å². The molecule has 0 spiro atoms. The molecule has 2 N–H and O–H groups in total. The van der Waals surface area contributed by atoms with Gasteiger partial charge in [-0.15, -0.1) is 0 Å².